The van der Waals surface area contributed by atoms with E-state index in [2.05, 4.69) is 43.7 Å². The molecule has 0 bridgehead atoms. The van der Waals surface area contributed by atoms with E-state index < -0.39 is 0 Å². The van der Waals surface area contributed by atoms with Crippen molar-refractivity contribution in [3.8, 4) is 0 Å². The molecule has 3 rings (SSSR count). The van der Waals surface area contributed by atoms with Gasteiger partial charge in [-0.25, -0.2) is 14.6 Å². The van der Waals surface area contributed by atoms with Crippen LogP contribution in [0.25, 0.3) is 16.8 Å². The first-order valence-electron chi connectivity index (χ1n) is 6.80. The van der Waals surface area contributed by atoms with E-state index in [1.54, 1.807) is 0 Å². The smallest absolute Gasteiger partial charge is 0.214 e. The van der Waals surface area contributed by atoms with Crippen LogP contribution in [0.5, 0.6) is 0 Å². The summed E-state index contributed by atoms with van der Waals surface area (Å²) in [4.78, 5) is 8.30. The van der Waals surface area contributed by atoms with Crippen molar-refractivity contribution < 1.29 is 29.9 Å². The number of nitrogens with two attached hydrogens (primary N) is 1. The molecular weight excluding hydrogens is 520 g/mol. The van der Waals surface area contributed by atoms with Gasteiger partial charge in [-0.05, 0) is 4.56 Å². The van der Waals surface area contributed by atoms with Crippen molar-refractivity contribution in [3.63, 3.8) is 0 Å². The normalized spacial score (nSPS) is 20.2. The maximum absolute atomic E-state index is 7.40. The zero-order valence-electron chi connectivity index (χ0n) is 12.1. The summed E-state index contributed by atoms with van der Waals surface area (Å²) < 4.78 is 2.65. The largest absolute Gasteiger partial charge is 0.678 e. The van der Waals surface area contributed by atoms with E-state index in [1.807, 2.05) is 9.69 Å². The molecule has 0 aliphatic carbocycles. The summed E-state index contributed by atoms with van der Waals surface area (Å²) in [6, 6.07) is -0.0281. The third-order valence-corrected chi connectivity index (χ3v) is 4.14. The van der Waals surface area contributed by atoms with Gasteiger partial charge in [0, 0.05) is 55.5 Å². The second-order valence-electron chi connectivity index (χ2n) is 5.26. The molecular formula is C12H17AlN8Np-2. The molecule has 8 nitrogen and oxygen atoms in total. The molecule has 2 unspecified atom stereocenters. The minimum absolute atomic E-state index is 0. The molecule has 0 spiro atoms. The number of nitrogens with zero attached hydrogens (tertiary/aromatic N) is 5. The summed E-state index contributed by atoms with van der Waals surface area (Å²) >= 11 is 2.58. The molecule has 22 heavy (non-hydrogen) atoms. The van der Waals surface area contributed by atoms with Gasteiger partial charge < -0.3 is 18.4 Å². The second kappa shape index (κ2) is 7.56. The van der Waals surface area contributed by atoms with Gasteiger partial charge in [0.25, 0.3) is 0 Å². The minimum Gasteiger partial charge on any atom is -0.678 e. The van der Waals surface area contributed by atoms with E-state index in [0.29, 0.717) is 11.7 Å². The molecule has 1 aliphatic rings. The molecule has 10 heteroatoms. The van der Waals surface area contributed by atoms with E-state index in [1.165, 1.54) is 6.33 Å². The van der Waals surface area contributed by atoms with E-state index in [0.717, 1.165) is 35.2 Å². The summed E-state index contributed by atoms with van der Waals surface area (Å²) in [5.41, 5.74) is 17.3. The van der Waals surface area contributed by atoms with E-state index in [4.69, 9.17) is 11.5 Å². The van der Waals surface area contributed by atoms with Gasteiger partial charge in [0.15, 0.2) is 5.65 Å². The molecule has 2 aromatic rings. The Balaban J connectivity index is 0.00000176. The number of nitrogen functional groups attached to an aromatic ring is 1. The van der Waals surface area contributed by atoms with E-state index >= 15 is 0 Å². The number of hydrogen-bond acceptors (Lipinski definition) is 6. The number of nitrogens with one attached hydrogen (secondary N) is 2. The molecule has 2 atom stereocenters. The summed E-state index contributed by atoms with van der Waals surface area (Å²) in [5, 5.41) is 7.32. The summed E-state index contributed by atoms with van der Waals surface area (Å²) in [6.45, 7) is 6.68. The monoisotopic (exact) mass is 536 g/mol. The Bertz CT molecular complexity index is 647. The molecule has 0 aromatic carbocycles. The predicted molar refractivity (Wildman–Crippen MR) is 81.7 cm³/mol. The van der Waals surface area contributed by atoms with Crippen LogP contribution in [0.15, 0.2) is 6.33 Å². The Hall–Kier alpha value is -0.225. The SMILES string of the molecule is [CH2-]C(C[NH-])N1CC(Cn2n[c]([Al])c3c(N)ncnc32)CN1.[Np]. The van der Waals surface area contributed by atoms with Crippen LogP contribution in [0.1, 0.15) is 0 Å². The average molecular weight is 537 g/mol. The Labute approximate surface area is 160 Å². The molecule has 0 saturated carbocycles. The molecule has 1 aliphatic heterocycles. The number of aromatic nitrogens is 4. The predicted octanol–water partition coefficient (Wildman–Crippen LogP) is -1.11. The summed E-state index contributed by atoms with van der Waals surface area (Å²) in [7, 11) is 0. The Morgan fingerprint density at radius 3 is 3.05 bits per heavy atom. The molecule has 2 aromatic heterocycles. The fraction of sp³-hybridized carbons (Fsp3) is 0.500. The van der Waals surface area contributed by atoms with Gasteiger partial charge in [0.05, 0.1) is 5.39 Å². The third-order valence-electron chi connectivity index (χ3n) is 3.73. The van der Waals surface area contributed by atoms with Crippen LogP contribution in [0.4, 0.5) is 5.82 Å². The van der Waals surface area contributed by atoms with Crippen molar-refractivity contribution >= 4 is 37.7 Å². The molecule has 4 N–H and O–H groups in total. The molecule has 1 fully saturated rings. The second-order valence-corrected chi connectivity index (χ2v) is 5.81. The van der Waals surface area contributed by atoms with Crippen LogP contribution >= 0.6 is 0 Å². The maximum atomic E-state index is 7.40. The van der Waals surface area contributed by atoms with Crippen LogP contribution in [-0.4, -0.2) is 66.7 Å². The standard InChI is InChI=1S/C12H17N8.Al.Np/c1-8(2-13)19-5-9(3-17-19)6-20-12-10(4-18-20)11(14)15-7-16-12;;/h7-9,13,17H,1-3,5-6H2,(H2,14,15,16);;/q-2;;. The zero-order chi connectivity index (χ0) is 15.0. The summed E-state index contributed by atoms with van der Waals surface area (Å²) in [6.07, 6.45) is 1.46. The number of fused-ring (bicyclic) bond motifs is 1. The van der Waals surface area contributed by atoms with Crippen LogP contribution in [-0.2, 0) is 6.54 Å². The van der Waals surface area contributed by atoms with Gasteiger partial charge in [-0.2, -0.15) is 11.6 Å². The fourth-order valence-electron chi connectivity index (χ4n) is 2.59. The van der Waals surface area contributed by atoms with Crippen molar-refractivity contribution in [2.24, 2.45) is 5.92 Å². The fourth-order valence-corrected chi connectivity index (χ4v) is 3.01. The first-order valence-corrected chi connectivity index (χ1v) is 7.38. The molecule has 115 valence electrons. The van der Waals surface area contributed by atoms with E-state index in [9.17, 15) is 0 Å². The van der Waals surface area contributed by atoms with Crippen LogP contribution < -0.4 is 15.7 Å². The van der Waals surface area contributed by atoms with Gasteiger partial charge in [0.2, 0.25) is 16.3 Å². The van der Waals surface area contributed by atoms with Gasteiger partial charge in [-0.15, -0.1) is 6.04 Å². The number of hydrogen-bond donors (Lipinski definition) is 2. The third kappa shape index (κ3) is 3.48. The minimum atomic E-state index is -0.0281. The number of rotatable bonds is 4. The van der Waals surface area contributed by atoms with Gasteiger partial charge >= 0.3 is 0 Å². The maximum Gasteiger partial charge on any atom is 0.214 e. The van der Waals surface area contributed by atoms with Crippen LogP contribution in [0.3, 0.4) is 0 Å². The van der Waals surface area contributed by atoms with Crippen LogP contribution in [0, 0.1) is 42.8 Å². The van der Waals surface area contributed by atoms with Gasteiger partial charge in [-0.3, -0.25) is 10.4 Å². The zero-order valence-corrected chi connectivity index (χ0v) is 17.0. The molecule has 0 amide bonds. The topological polar surface area (TPSA) is 109 Å². The van der Waals surface area contributed by atoms with Gasteiger partial charge in [0.1, 0.15) is 12.1 Å². The molecule has 1 saturated heterocycles. The van der Waals surface area contributed by atoms with Crippen molar-refractivity contribution in [2.75, 3.05) is 25.4 Å². The quantitative estimate of drug-likeness (QED) is 0.379. The molecule has 3 radical (unpaired) electrons. The summed E-state index contributed by atoms with van der Waals surface area (Å²) in [5.74, 6) is 0.846. The van der Waals surface area contributed by atoms with Gasteiger partial charge in [-0.1, -0.05) is 0 Å². The Morgan fingerprint density at radius 1 is 1.55 bits per heavy atom. The van der Waals surface area contributed by atoms with Crippen molar-refractivity contribution in [2.45, 2.75) is 12.6 Å². The van der Waals surface area contributed by atoms with Crippen LogP contribution in [0.2, 0.25) is 0 Å². The van der Waals surface area contributed by atoms with Crippen molar-refractivity contribution in [1.82, 2.24) is 30.2 Å². The number of hydrazine groups is 1. The first-order chi connectivity index (χ1) is 10.1. The number of anilines is 1. The van der Waals surface area contributed by atoms with Crippen molar-refractivity contribution in [1.29, 1.82) is 0 Å². The first kappa shape index (κ1) is 18.1. The van der Waals surface area contributed by atoms with E-state index in [-0.39, 0.29) is 42.5 Å². The Kier molecular flexibility index (Phi) is 6.23. The molecule has 3 heterocycles. The Morgan fingerprint density at radius 2 is 2.32 bits per heavy atom. The van der Waals surface area contributed by atoms with Crippen molar-refractivity contribution in [3.05, 3.63) is 19.0 Å². The average Bonchev–Trinajstić information content (AvgIpc) is 3.05.